The van der Waals surface area contributed by atoms with E-state index in [1.165, 1.54) is 17.8 Å². The minimum atomic E-state index is -0.430. The Morgan fingerprint density at radius 3 is 2.58 bits per heavy atom. The highest BCUT2D eigenvalue weighted by molar-refractivity contribution is 8.00. The maximum atomic E-state index is 13.2. The van der Waals surface area contributed by atoms with E-state index in [-0.39, 0.29) is 5.91 Å². The largest absolute Gasteiger partial charge is 0.385 e. The first kappa shape index (κ1) is 22.6. The van der Waals surface area contributed by atoms with E-state index in [4.69, 9.17) is 5.73 Å². The molecule has 0 spiro atoms. The molecule has 0 saturated carbocycles. The van der Waals surface area contributed by atoms with Crippen LogP contribution in [0.25, 0.3) is 10.8 Å². The summed E-state index contributed by atoms with van der Waals surface area (Å²) in [5.41, 5.74) is 7.69. The Morgan fingerprint density at radius 1 is 1.06 bits per heavy atom. The summed E-state index contributed by atoms with van der Waals surface area (Å²) in [6.45, 7) is 2.51. The van der Waals surface area contributed by atoms with Crippen molar-refractivity contribution in [3.8, 4) is 0 Å². The zero-order valence-electron chi connectivity index (χ0n) is 18.4. The van der Waals surface area contributed by atoms with Crippen LogP contribution in [-0.2, 0) is 17.8 Å². The van der Waals surface area contributed by atoms with Crippen LogP contribution < -0.4 is 16.6 Å². The van der Waals surface area contributed by atoms with Gasteiger partial charge in [0.05, 0.1) is 5.25 Å². The van der Waals surface area contributed by atoms with Gasteiger partial charge in [-0.05, 0) is 29.9 Å². The fourth-order valence-corrected chi connectivity index (χ4v) is 4.75. The molecule has 6 nitrogen and oxygen atoms in total. The molecule has 0 bridgehead atoms. The Kier molecular flexibility index (Phi) is 7.10. The van der Waals surface area contributed by atoms with E-state index in [1.54, 1.807) is 0 Å². The molecular weight excluding hydrogens is 432 g/mol. The van der Waals surface area contributed by atoms with E-state index in [2.05, 4.69) is 10.3 Å². The average Bonchev–Trinajstić information content (AvgIpc) is 2.82. The number of benzene rings is 3. The van der Waals surface area contributed by atoms with Crippen molar-refractivity contribution in [3.05, 3.63) is 94.8 Å². The van der Waals surface area contributed by atoms with Gasteiger partial charge in [-0.3, -0.25) is 9.59 Å². The number of nitrogens with one attached hydrogen (secondary N) is 1. The van der Waals surface area contributed by atoms with Crippen LogP contribution in [-0.4, -0.2) is 20.7 Å². The first-order valence-corrected chi connectivity index (χ1v) is 11.8. The van der Waals surface area contributed by atoms with Crippen molar-refractivity contribution in [2.45, 2.75) is 36.7 Å². The van der Waals surface area contributed by atoms with Gasteiger partial charge in [0.15, 0.2) is 5.16 Å². The molecule has 0 aliphatic rings. The van der Waals surface area contributed by atoms with Crippen molar-refractivity contribution in [1.82, 2.24) is 9.55 Å². The van der Waals surface area contributed by atoms with E-state index >= 15 is 0 Å². The van der Waals surface area contributed by atoms with Gasteiger partial charge < -0.3 is 15.6 Å². The third-order valence-corrected chi connectivity index (χ3v) is 6.80. The molecule has 1 atom stereocenters. The number of hydrogen-bond acceptors (Lipinski definition) is 5. The topological polar surface area (TPSA) is 90.0 Å². The van der Waals surface area contributed by atoms with Gasteiger partial charge in [-0.2, -0.15) is 4.98 Å². The Hall–Kier alpha value is -3.58. The van der Waals surface area contributed by atoms with Crippen LogP contribution in [0, 0.1) is 0 Å². The number of nitrogens with two attached hydrogens (primary N) is 1. The summed E-state index contributed by atoms with van der Waals surface area (Å²) in [5, 5.41) is 5.12. The number of aromatic nitrogens is 2. The zero-order chi connectivity index (χ0) is 23.2. The molecule has 1 heterocycles. The van der Waals surface area contributed by atoms with E-state index < -0.39 is 10.8 Å². The monoisotopic (exact) mass is 458 g/mol. The highest BCUT2D eigenvalue weighted by Crippen LogP contribution is 2.28. The molecule has 4 rings (SSSR count). The lowest BCUT2D eigenvalue weighted by atomic mass is 10.1. The molecule has 0 unspecified atom stereocenters. The molecule has 3 N–H and O–H groups in total. The van der Waals surface area contributed by atoms with Crippen molar-refractivity contribution in [3.63, 3.8) is 0 Å². The predicted octanol–water partition coefficient (Wildman–Crippen LogP) is 4.73. The number of rotatable bonds is 8. The van der Waals surface area contributed by atoms with Gasteiger partial charge in [0, 0.05) is 23.7 Å². The number of aryl methyl sites for hydroxylation is 1. The molecule has 0 aliphatic heterocycles. The van der Waals surface area contributed by atoms with Crippen molar-refractivity contribution in [1.29, 1.82) is 0 Å². The number of carbonyl (C=O) groups is 1. The van der Waals surface area contributed by atoms with E-state index in [9.17, 15) is 9.59 Å². The quantitative estimate of drug-likeness (QED) is 0.294. The van der Waals surface area contributed by atoms with Crippen LogP contribution in [0.2, 0.25) is 0 Å². The minimum Gasteiger partial charge on any atom is -0.385 e. The third kappa shape index (κ3) is 5.43. The average molecular weight is 459 g/mol. The second-order valence-corrected chi connectivity index (χ2v) is 8.89. The van der Waals surface area contributed by atoms with Gasteiger partial charge in [0.25, 0.3) is 5.56 Å². The fourth-order valence-electron chi connectivity index (χ4n) is 3.70. The molecular formula is C26H26N4O2S. The summed E-state index contributed by atoms with van der Waals surface area (Å²) < 4.78 is 1.81. The van der Waals surface area contributed by atoms with E-state index in [0.29, 0.717) is 23.9 Å². The van der Waals surface area contributed by atoms with Crippen LogP contribution in [0.1, 0.15) is 18.9 Å². The van der Waals surface area contributed by atoms with Gasteiger partial charge >= 0.3 is 0 Å². The highest BCUT2D eigenvalue weighted by Gasteiger charge is 2.22. The fraction of sp³-hybridized carbons (Fsp3) is 0.192. The van der Waals surface area contributed by atoms with Crippen molar-refractivity contribution in [2.75, 3.05) is 11.1 Å². The zero-order valence-corrected chi connectivity index (χ0v) is 19.2. The standard InChI is InChI=1S/C26H26N4O2S/c1-2-22(25(32)28-21-14-8-12-19-11-6-7-13-20(19)21)33-26-29-24(31)17-23(27)30(26)16-15-18-9-4-3-5-10-18/h3-14,17,22H,2,15-16,27H2,1H3,(H,28,32)/t22-/m1/s1. The summed E-state index contributed by atoms with van der Waals surface area (Å²) in [5.74, 6) is 0.211. The minimum absolute atomic E-state index is 0.134. The van der Waals surface area contributed by atoms with Crippen molar-refractivity contribution in [2.24, 2.45) is 0 Å². The first-order valence-electron chi connectivity index (χ1n) is 10.9. The lowest BCUT2D eigenvalue weighted by molar-refractivity contribution is -0.115. The normalized spacial score (nSPS) is 11.9. The molecule has 0 radical (unpaired) electrons. The van der Waals surface area contributed by atoms with E-state index in [0.717, 1.165) is 28.4 Å². The summed E-state index contributed by atoms with van der Waals surface area (Å²) in [6.07, 6.45) is 1.31. The number of fused-ring (bicyclic) bond motifs is 1. The molecule has 4 aromatic rings. The Labute approximate surface area is 196 Å². The summed E-state index contributed by atoms with van der Waals surface area (Å²) >= 11 is 1.27. The Bertz CT molecular complexity index is 1320. The Morgan fingerprint density at radius 2 is 1.79 bits per heavy atom. The molecule has 1 aromatic heterocycles. The Balaban J connectivity index is 1.56. The van der Waals surface area contributed by atoms with E-state index in [1.807, 2.05) is 84.3 Å². The number of carbonyl (C=O) groups excluding carboxylic acids is 1. The lowest BCUT2D eigenvalue weighted by Gasteiger charge is -2.19. The van der Waals surface area contributed by atoms with Gasteiger partial charge in [0.2, 0.25) is 5.91 Å². The highest BCUT2D eigenvalue weighted by atomic mass is 32.2. The molecule has 7 heteroatoms. The van der Waals surface area contributed by atoms with Gasteiger partial charge in [-0.25, -0.2) is 0 Å². The number of hydrogen-bond donors (Lipinski definition) is 2. The molecule has 1 amide bonds. The van der Waals surface area contributed by atoms with Crippen LogP contribution in [0.4, 0.5) is 11.5 Å². The first-order chi connectivity index (χ1) is 16.0. The van der Waals surface area contributed by atoms with Crippen molar-refractivity contribution >= 4 is 39.9 Å². The molecule has 0 fully saturated rings. The molecule has 0 aliphatic carbocycles. The second-order valence-electron chi connectivity index (χ2n) is 7.72. The second kappa shape index (κ2) is 10.4. The number of amides is 1. The third-order valence-electron chi connectivity index (χ3n) is 5.45. The van der Waals surface area contributed by atoms with Crippen LogP contribution >= 0.6 is 11.8 Å². The predicted molar refractivity (Wildman–Crippen MR) is 136 cm³/mol. The molecule has 33 heavy (non-hydrogen) atoms. The van der Waals surface area contributed by atoms with Crippen LogP contribution in [0.3, 0.4) is 0 Å². The van der Waals surface area contributed by atoms with Gasteiger partial charge in [0.1, 0.15) is 5.82 Å². The number of anilines is 2. The van der Waals surface area contributed by atoms with Crippen LogP contribution in [0.15, 0.2) is 88.8 Å². The summed E-state index contributed by atoms with van der Waals surface area (Å²) in [6, 6.07) is 25.1. The number of nitrogens with zero attached hydrogens (tertiary/aromatic N) is 2. The number of thioether (sulfide) groups is 1. The van der Waals surface area contributed by atoms with Gasteiger partial charge in [-0.15, -0.1) is 0 Å². The SMILES string of the molecule is CC[C@@H](Sc1nc(=O)cc(N)n1CCc1ccccc1)C(=O)Nc1cccc2ccccc12. The maximum absolute atomic E-state index is 13.2. The molecule has 168 valence electrons. The number of nitrogen functional groups attached to an aromatic ring is 1. The lowest BCUT2D eigenvalue weighted by Crippen LogP contribution is -2.27. The summed E-state index contributed by atoms with van der Waals surface area (Å²) in [4.78, 5) is 29.5. The molecule has 0 saturated heterocycles. The maximum Gasteiger partial charge on any atom is 0.275 e. The van der Waals surface area contributed by atoms with Gasteiger partial charge in [-0.1, -0.05) is 85.4 Å². The van der Waals surface area contributed by atoms with Crippen LogP contribution in [0.5, 0.6) is 0 Å². The molecule has 3 aromatic carbocycles. The summed E-state index contributed by atoms with van der Waals surface area (Å²) in [7, 11) is 0. The van der Waals surface area contributed by atoms with Crippen molar-refractivity contribution < 1.29 is 4.79 Å². The smallest absolute Gasteiger partial charge is 0.275 e.